The third-order valence-electron chi connectivity index (χ3n) is 3.66. The lowest BCUT2D eigenvalue weighted by Crippen LogP contribution is -2.32. The molecule has 24 heavy (non-hydrogen) atoms. The van der Waals surface area contributed by atoms with Crippen LogP contribution < -0.4 is 10.0 Å². The van der Waals surface area contributed by atoms with Gasteiger partial charge in [0, 0.05) is 23.0 Å². The minimum absolute atomic E-state index is 0.0832. The largest absolute Gasteiger partial charge is 0.350 e. The number of hydrogen-bond donors (Lipinski definition) is 2. The van der Waals surface area contributed by atoms with Crippen molar-refractivity contribution in [2.75, 3.05) is 6.54 Å². The van der Waals surface area contributed by atoms with E-state index in [1.807, 2.05) is 31.4 Å². The molecular weight excluding hydrogens is 344 g/mol. The van der Waals surface area contributed by atoms with Crippen molar-refractivity contribution in [3.8, 4) is 0 Å². The Morgan fingerprint density at radius 2 is 1.92 bits per heavy atom. The molecule has 1 atom stereocenters. The predicted molar refractivity (Wildman–Crippen MR) is 96.9 cm³/mol. The van der Waals surface area contributed by atoms with Gasteiger partial charge in [-0.2, -0.15) is 0 Å². The molecular formula is C17H22N2O3S2. The van der Waals surface area contributed by atoms with E-state index < -0.39 is 10.0 Å². The molecule has 130 valence electrons. The fourth-order valence-electron chi connectivity index (χ4n) is 2.04. The maximum atomic E-state index is 12.3. The summed E-state index contributed by atoms with van der Waals surface area (Å²) in [6.07, 6.45) is 1.50. The molecule has 2 rings (SSSR count). The standard InChI is InChI=1S/C17H22N2O3S2/c1-3-13(2)19-17(20)14-6-8-16(9-7-14)24(21,22)18-11-10-15-5-4-12-23-15/h4-9,12-13,18H,3,10-11H2,1-2H3,(H,19,20). The first kappa shape index (κ1) is 18.6. The number of benzene rings is 1. The maximum Gasteiger partial charge on any atom is 0.251 e. The zero-order chi connectivity index (χ0) is 17.6. The summed E-state index contributed by atoms with van der Waals surface area (Å²) in [5, 5.41) is 4.82. The van der Waals surface area contributed by atoms with Gasteiger partial charge in [0.2, 0.25) is 10.0 Å². The van der Waals surface area contributed by atoms with Crippen LogP contribution in [0.5, 0.6) is 0 Å². The van der Waals surface area contributed by atoms with Gasteiger partial charge in [-0.05, 0) is 55.5 Å². The fourth-order valence-corrected chi connectivity index (χ4v) is 3.78. The van der Waals surface area contributed by atoms with Crippen molar-refractivity contribution >= 4 is 27.3 Å². The average molecular weight is 367 g/mol. The van der Waals surface area contributed by atoms with Gasteiger partial charge >= 0.3 is 0 Å². The number of sulfonamides is 1. The lowest BCUT2D eigenvalue weighted by Gasteiger charge is -2.12. The molecule has 0 spiro atoms. The predicted octanol–water partition coefficient (Wildman–Crippen LogP) is 2.80. The quantitative estimate of drug-likeness (QED) is 0.754. The van der Waals surface area contributed by atoms with Crippen LogP contribution in [-0.2, 0) is 16.4 Å². The molecule has 2 N–H and O–H groups in total. The van der Waals surface area contributed by atoms with Crippen molar-refractivity contribution in [1.82, 2.24) is 10.0 Å². The molecule has 0 saturated carbocycles. The molecule has 0 bridgehead atoms. The lowest BCUT2D eigenvalue weighted by molar-refractivity contribution is 0.0939. The van der Waals surface area contributed by atoms with Gasteiger partial charge in [-0.1, -0.05) is 13.0 Å². The van der Waals surface area contributed by atoms with Gasteiger partial charge in [-0.3, -0.25) is 4.79 Å². The number of carbonyl (C=O) groups is 1. The van der Waals surface area contributed by atoms with Crippen molar-refractivity contribution in [2.24, 2.45) is 0 Å². The van der Waals surface area contributed by atoms with Crippen molar-refractivity contribution < 1.29 is 13.2 Å². The van der Waals surface area contributed by atoms with Crippen molar-refractivity contribution in [2.45, 2.75) is 37.6 Å². The highest BCUT2D eigenvalue weighted by Gasteiger charge is 2.15. The van der Waals surface area contributed by atoms with E-state index in [4.69, 9.17) is 0 Å². The normalized spacial score (nSPS) is 12.8. The smallest absolute Gasteiger partial charge is 0.251 e. The van der Waals surface area contributed by atoms with Gasteiger partial charge in [-0.15, -0.1) is 11.3 Å². The molecule has 1 amide bonds. The zero-order valence-corrected chi connectivity index (χ0v) is 15.4. The fraction of sp³-hybridized carbons (Fsp3) is 0.353. The topological polar surface area (TPSA) is 75.3 Å². The molecule has 1 heterocycles. The van der Waals surface area contributed by atoms with E-state index in [1.165, 1.54) is 24.3 Å². The second-order valence-corrected chi connectivity index (χ2v) is 8.33. The van der Waals surface area contributed by atoms with Crippen LogP contribution in [0.4, 0.5) is 0 Å². The summed E-state index contributed by atoms with van der Waals surface area (Å²) in [7, 11) is -3.56. The molecule has 1 aromatic heterocycles. The molecule has 2 aromatic rings. The summed E-state index contributed by atoms with van der Waals surface area (Å²) in [6, 6.07) is 9.98. The number of carbonyl (C=O) groups excluding carboxylic acids is 1. The van der Waals surface area contributed by atoms with Crippen LogP contribution in [0.1, 0.15) is 35.5 Å². The van der Waals surface area contributed by atoms with Crippen molar-refractivity contribution in [3.63, 3.8) is 0 Å². The van der Waals surface area contributed by atoms with E-state index in [1.54, 1.807) is 11.3 Å². The minimum atomic E-state index is -3.56. The number of hydrogen-bond acceptors (Lipinski definition) is 4. The first-order valence-electron chi connectivity index (χ1n) is 7.85. The SMILES string of the molecule is CCC(C)NC(=O)c1ccc(S(=O)(=O)NCCc2cccs2)cc1. The Hall–Kier alpha value is -1.70. The Morgan fingerprint density at radius 3 is 2.50 bits per heavy atom. The van der Waals surface area contributed by atoms with Crippen LogP contribution in [-0.4, -0.2) is 26.9 Å². The molecule has 7 heteroatoms. The first-order chi connectivity index (χ1) is 11.4. The van der Waals surface area contributed by atoms with Gasteiger partial charge in [0.15, 0.2) is 0 Å². The molecule has 0 aliphatic carbocycles. The molecule has 0 saturated heterocycles. The van der Waals surface area contributed by atoms with E-state index in [-0.39, 0.29) is 16.8 Å². The Bertz CT molecular complexity index is 754. The second kappa shape index (κ2) is 8.41. The summed E-state index contributed by atoms with van der Waals surface area (Å²) < 4.78 is 27.1. The average Bonchev–Trinajstić information content (AvgIpc) is 3.08. The van der Waals surface area contributed by atoms with Crippen molar-refractivity contribution in [1.29, 1.82) is 0 Å². The first-order valence-corrected chi connectivity index (χ1v) is 10.2. The summed E-state index contributed by atoms with van der Waals surface area (Å²) in [6.45, 7) is 4.26. The third kappa shape index (κ3) is 5.15. The number of amides is 1. The summed E-state index contributed by atoms with van der Waals surface area (Å²) in [5.74, 6) is -0.195. The maximum absolute atomic E-state index is 12.3. The highest BCUT2D eigenvalue weighted by atomic mass is 32.2. The van der Waals surface area contributed by atoms with Crippen LogP contribution in [0, 0.1) is 0 Å². The van der Waals surface area contributed by atoms with E-state index in [0.717, 1.165) is 11.3 Å². The van der Waals surface area contributed by atoms with Gasteiger partial charge in [0.1, 0.15) is 0 Å². The summed E-state index contributed by atoms with van der Waals surface area (Å²) in [5.41, 5.74) is 0.452. The molecule has 0 aliphatic rings. The minimum Gasteiger partial charge on any atom is -0.350 e. The molecule has 0 fully saturated rings. The van der Waals surface area contributed by atoms with E-state index in [9.17, 15) is 13.2 Å². The Morgan fingerprint density at radius 1 is 1.21 bits per heavy atom. The van der Waals surface area contributed by atoms with E-state index in [0.29, 0.717) is 18.5 Å². The Kier molecular flexibility index (Phi) is 6.53. The summed E-state index contributed by atoms with van der Waals surface area (Å²) >= 11 is 1.60. The number of nitrogens with one attached hydrogen (secondary N) is 2. The molecule has 0 aliphatic heterocycles. The Balaban J connectivity index is 1.96. The summed E-state index contributed by atoms with van der Waals surface area (Å²) in [4.78, 5) is 13.3. The van der Waals surface area contributed by atoms with Gasteiger partial charge in [0.05, 0.1) is 4.90 Å². The third-order valence-corrected chi connectivity index (χ3v) is 6.07. The van der Waals surface area contributed by atoms with Crippen molar-refractivity contribution in [3.05, 3.63) is 52.2 Å². The monoisotopic (exact) mass is 366 g/mol. The molecule has 1 unspecified atom stereocenters. The highest BCUT2D eigenvalue weighted by Crippen LogP contribution is 2.12. The van der Waals surface area contributed by atoms with Crippen LogP contribution in [0.25, 0.3) is 0 Å². The van der Waals surface area contributed by atoms with Gasteiger partial charge in [-0.25, -0.2) is 13.1 Å². The van der Waals surface area contributed by atoms with Crippen LogP contribution >= 0.6 is 11.3 Å². The van der Waals surface area contributed by atoms with Gasteiger partial charge in [0.25, 0.3) is 5.91 Å². The van der Waals surface area contributed by atoms with Crippen LogP contribution in [0.2, 0.25) is 0 Å². The second-order valence-electron chi connectivity index (χ2n) is 5.53. The number of rotatable bonds is 8. The molecule has 0 radical (unpaired) electrons. The van der Waals surface area contributed by atoms with E-state index in [2.05, 4.69) is 10.0 Å². The molecule has 5 nitrogen and oxygen atoms in total. The number of thiophene rings is 1. The molecule has 1 aromatic carbocycles. The highest BCUT2D eigenvalue weighted by molar-refractivity contribution is 7.89. The van der Waals surface area contributed by atoms with Crippen LogP contribution in [0.15, 0.2) is 46.7 Å². The lowest BCUT2D eigenvalue weighted by atomic mass is 10.2. The van der Waals surface area contributed by atoms with Gasteiger partial charge < -0.3 is 5.32 Å². The van der Waals surface area contributed by atoms with Crippen LogP contribution in [0.3, 0.4) is 0 Å². The Labute approximate surface area is 147 Å². The zero-order valence-electron chi connectivity index (χ0n) is 13.8. The van der Waals surface area contributed by atoms with E-state index >= 15 is 0 Å².